The number of anilines is 2. The molecule has 2 N–H and O–H groups in total. The van der Waals surface area contributed by atoms with E-state index in [1.165, 1.54) is 18.5 Å². The van der Waals surface area contributed by atoms with E-state index in [1.54, 1.807) is 0 Å². The Morgan fingerprint density at radius 3 is 3.00 bits per heavy atom. The fraction of sp³-hybridized carbons (Fsp3) is 0.571. The summed E-state index contributed by atoms with van der Waals surface area (Å²) in [5, 5.41) is 0. The summed E-state index contributed by atoms with van der Waals surface area (Å²) in [7, 11) is 0. The number of piperidine rings is 1. The molecule has 1 atom stereocenters. The van der Waals surface area contributed by atoms with Crippen molar-refractivity contribution in [3.8, 4) is 0 Å². The lowest BCUT2D eigenvalue weighted by Gasteiger charge is -2.34. The zero-order chi connectivity index (χ0) is 12.1. The number of benzene rings is 1. The van der Waals surface area contributed by atoms with Crippen molar-refractivity contribution in [1.29, 1.82) is 0 Å². The first-order valence-electron chi connectivity index (χ1n) is 6.48. The molecule has 1 aliphatic rings. The molecule has 94 valence electrons. The molecule has 1 aliphatic heterocycles. The minimum absolute atomic E-state index is 0.642. The van der Waals surface area contributed by atoms with Gasteiger partial charge in [-0.15, -0.1) is 0 Å². The number of ether oxygens (including phenoxy) is 1. The smallest absolute Gasteiger partial charge is 0.0600 e. The van der Waals surface area contributed by atoms with Crippen LogP contribution in [0.1, 0.15) is 19.8 Å². The van der Waals surface area contributed by atoms with Crippen molar-refractivity contribution in [3.05, 3.63) is 24.3 Å². The summed E-state index contributed by atoms with van der Waals surface area (Å²) in [6.07, 6.45) is 2.50. The fourth-order valence-corrected chi connectivity index (χ4v) is 2.48. The predicted molar refractivity (Wildman–Crippen MR) is 72.3 cm³/mol. The zero-order valence-electron chi connectivity index (χ0n) is 10.6. The Bertz CT molecular complexity index is 354. The molecule has 2 rings (SSSR count). The number of nitrogen functional groups attached to an aromatic ring is 1. The Morgan fingerprint density at radius 2 is 2.24 bits per heavy atom. The van der Waals surface area contributed by atoms with E-state index in [1.807, 2.05) is 12.1 Å². The van der Waals surface area contributed by atoms with Gasteiger partial charge in [0, 0.05) is 19.7 Å². The zero-order valence-corrected chi connectivity index (χ0v) is 10.6. The van der Waals surface area contributed by atoms with Crippen LogP contribution < -0.4 is 10.6 Å². The first-order chi connectivity index (χ1) is 8.31. The number of para-hydroxylation sites is 2. The molecular weight excluding hydrogens is 212 g/mol. The molecule has 1 fully saturated rings. The lowest BCUT2D eigenvalue weighted by atomic mass is 9.98. The molecular formula is C14H22N2O. The van der Waals surface area contributed by atoms with E-state index in [2.05, 4.69) is 24.0 Å². The molecule has 0 radical (unpaired) electrons. The van der Waals surface area contributed by atoms with Crippen LogP contribution >= 0.6 is 0 Å². The monoisotopic (exact) mass is 234 g/mol. The third-order valence-corrected chi connectivity index (χ3v) is 3.35. The Kier molecular flexibility index (Phi) is 4.26. The molecule has 0 aromatic heterocycles. The van der Waals surface area contributed by atoms with E-state index in [0.29, 0.717) is 5.92 Å². The third kappa shape index (κ3) is 3.13. The molecule has 1 heterocycles. The third-order valence-electron chi connectivity index (χ3n) is 3.35. The average Bonchev–Trinajstić information content (AvgIpc) is 2.37. The molecule has 3 nitrogen and oxygen atoms in total. The van der Waals surface area contributed by atoms with Crippen LogP contribution in [0, 0.1) is 5.92 Å². The van der Waals surface area contributed by atoms with Gasteiger partial charge in [0.15, 0.2) is 0 Å². The van der Waals surface area contributed by atoms with Crippen LogP contribution in [0.4, 0.5) is 11.4 Å². The second-order valence-electron chi connectivity index (χ2n) is 4.67. The molecule has 1 saturated heterocycles. The van der Waals surface area contributed by atoms with Gasteiger partial charge in [-0.1, -0.05) is 12.1 Å². The maximum absolute atomic E-state index is 6.02. The van der Waals surface area contributed by atoms with E-state index >= 15 is 0 Å². The second-order valence-corrected chi connectivity index (χ2v) is 4.67. The quantitative estimate of drug-likeness (QED) is 0.814. The number of nitrogens with zero attached hydrogens (tertiary/aromatic N) is 1. The van der Waals surface area contributed by atoms with Gasteiger partial charge in [-0.2, -0.15) is 0 Å². The minimum Gasteiger partial charge on any atom is -0.397 e. The highest BCUT2D eigenvalue weighted by Gasteiger charge is 2.21. The van der Waals surface area contributed by atoms with Crippen LogP contribution in [0.25, 0.3) is 0 Å². The summed E-state index contributed by atoms with van der Waals surface area (Å²) in [5.74, 6) is 0.642. The van der Waals surface area contributed by atoms with Gasteiger partial charge in [0.2, 0.25) is 0 Å². The van der Waals surface area contributed by atoms with Crippen molar-refractivity contribution >= 4 is 11.4 Å². The number of rotatable bonds is 4. The largest absolute Gasteiger partial charge is 0.397 e. The van der Waals surface area contributed by atoms with Gasteiger partial charge < -0.3 is 15.4 Å². The SMILES string of the molecule is CCOCC1CCCN(c2ccccc2N)C1. The Morgan fingerprint density at radius 1 is 1.41 bits per heavy atom. The lowest BCUT2D eigenvalue weighted by Crippen LogP contribution is -2.37. The van der Waals surface area contributed by atoms with Crippen LogP contribution in [0.3, 0.4) is 0 Å². The molecule has 1 aromatic carbocycles. The van der Waals surface area contributed by atoms with Crippen molar-refractivity contribution < 1.29 is 4.74 Å². The summed E-state index contributed by atoms with van der Waals surface area (Å²) in [4.78, 5) is 2.39. The van der Waals surface area contributed by atoms with Crippen LogP contribution in [0.5, 0.6) is 0 Å². The van der Waals surface area contributed by atoms with Crippen LogP contribution in [-0.4, -0.2) is 26.3 Å². The van der Waals surface area contributed by atoms with Gasteiger partial charge >= 0.3 is 0 Å². The Hall–Kier alpha value is -1.22. The molecule has 0 saturated carbocycles. The fourth-order valence-electron chi connectivity index (χ4n) is 2.48. The van der Waals surface area contributed by atoms with E-state index in [0.717, 1.165) is 32.0 Å². The molecule has 1 aromatic rings. The number of hydrogen-bond acceptors (Lipinski definition) is 3. The van der Waals surface area contributed by atoms with Crippen LogP contribution in [0.15, 0.2) is 24.3 Å². The first kappa shape index (κ1) is 12.2. The van der Waals surface area contributed by atoms with E-state index in [4.69, 9.17) is 10.5 Å². The summed E-state index contributed by atoms with van der Waals surface area (Å²) in [6, 6.07) is 8.12. The summed E-state index contributed by atoms with van der Waals surface area (Å²) in [5.41, 5.74) is 8.08. The maximum atomic E-state index is 6.02. The van der Waals surface area contributed by atoms with Gasteiger partial charge in [-0.25, -0.2) is 0 Å². The second kappa shape index (κ2) is 5.92. The molecule has 0 bridgehead atoms. The van der Waals surface area contributed by atoms with Gasteiger partial charge in [0.25, 0.3) is 0 Å². The van der Waals surface area contributed by atoms with E-state index in [9.17, 15) is 0 Å². The number of hydrogen-bond donors (Lipinski definition) is 1. The van der Waals surface area contributed by atoms with Crippen molar-refractivity contribution in [3.63, 3.8) is 0 Å². The summed E-state index contributed by atoms with van der Waals surface area (Å²) < 4.78 is 5.53. The van der Waals surface area contributed by atoms with Crippen LogP contribution in [0.2, 0.25) is 0 Å². The topological polar surface area (TPSA) is 38.5 Å². The van der Waals surface area contributed by atoms with Gasteiger partial charge in [-0.05, 0) is 37.8 Å². The first-order valence-corrected chi connectivity index (χ1v) is 6.48. The summed E-state index contributed by atoms with van der Waals surface area (Å²) >= 11 is 0. The molecule has 3 heteroatoms. The Labute approximate surface area is 104 Å². The lowest BCUT2D eigenvalue weighted by molar-refractivity contribution is 0.104. The van der Waals surface area contributed by atoms with Crippen molar-refractivity contribution in [2.24, 2.45) is 5.92 Å². The van der Waals surface area contributed by atoms with Gasteiger partial charge in [0.1, 0.15) is 0 Å². The van der Waals surface area contributed by atoms with Crippen molar-refractivity contribution in [2.45, 2.75) is 19.8 Å². The van der Waals surface area contributed by atoms with Crippen LogP contribution in [-0.2, 0) is 4.74 Å². The highest BCUT2D eigenvalue weighted by molar-refractivity contribution is 5.67. The Balaban J connectivity index is 1.99. The minimum atomic E-state index is 0.642. The summed E-state index contributed by atoms with van der Waals surface area (Å²) in [6.45, 7) is 5.91. The maximum Gasteiger partial charge on any atom is 0.0600 e. The van der Waals surface area contributed by atoms with Crippen molar-refractivity contribution in [1.82, 2.24) is 0 Å². The molecule has 0 aliphatic carbocycles. The normalized spacial score (nSPS) is 20.5. The number of nitrogens with two attached hydrogens (primary N) is 1. The molecule has 0 amide bonds. The highest BCUT2D eigenvalue weighted by atomic mass is 16.5. The molecule has 0 spiro atoms. The van der Waals surface area contributed by atoms with E-state index in [-0.39, 0.29) is 0 Å². The average molecular weight is 234 g/mol. The van der Waals surface area contributed by atoms with Gasteiger partial charge in [-0.3, -0.25) is 0 Å². The highest BCUT2D eigenvalue weighted by Crippen LogP contribution is 2.27. The van der Waals surface area contributed by atoms with Crippen molar-refractivity contribution in [2.75, 3.05) is 36.9 Å². The molecule has 1 unspecified atom stereocenters. The predicted octanol–water partition coefficient (Wildman–Crippen LogP) is 2.52. The standard InChI is InChI=1S/C14H22N2O/c1-2-17-11-12-6-5-9-16(10-12)14-8-4-3-7-13(14)15/h3-4,7-8,12H,2,5-6,9-11,15H2,1H3. The molecule has 17 heavy (non-hydrogen) atoms. The van der Waals surface area contributed by atoms with Gasteiger partial charge in [0.05, 0.1) is 18.0 Å². The van der Waals surface area contributed by atoms with E-state index < -0.39 is 0 Å².